The van der Waals surface area contributed by atoms with Crippen LogP contribution in [0.5, 0.6) is 5.75 Å². The highest BCUT2D eigenvalue weighted by atomic mass is 35.5. The van der Waals surface area contributed by atoms with Crippen molar-refractivity contribution in [1.82, 2.24) is 9.38 Å². The van der Waals surface area contributed by atoms with E-state index in [4.69, 9.17) is 21.3 Å². The number of nitrogens with zero attached hydrogens (tertiary/aromatic N) is 2. The average Bonchev–Trinajstić information content (AvgIpc) is 3.08. The van der Waals surface area contributed by atoms with E-state index in [0.717, 1.165) is 29.0 Å². The van der Waals surface area contributed by atoms with Gasteiger partial charge in [-0.3, -0.25) is 4.40 Å². The Morgan fingerprint density at radius 2 is 1.86 bits per heavy atom. The van der Waals surface area contributed by atoms with Crippen molar-refractivity contribution in [3.05, 3.63) is 76.7 Å². The molecule has 0 aliphatic carbocycles. The normalized spacial score (nSPS) is 11.1. The summed E-state index contributed by atoms with van der Waals surface area (Å²) in [4.78, 5) is 4.75. The number of benzene rings is 2. The van der Waals surface area contributed by atoms with Gasteiger partial charge < -0.3 is 10.1 Å². The second-order valence-electron chi connectivity index (χ2n) is 6.75. The van der Waals surface area contributed by atoms with Crippen molar-refractivity contribution in [3.63, 3.8) is 0 Å². The number of aromatic nitrogens is 2. The summed E-state index contributed by atoms with van der Waals surface area (Å²) >= 11 is 6.47. The zero-order valence-corrected chi connectivity index (χ0v) is 17.2. The Morgan fingerprint density at radius 3 is 2.59 bits per heavy atom. The number of pyridine rings is 1. The molecule has 0 aliphatic rings. The fourth-order valence-electron chi connectivity index (χ4n) is 3.54. The molecule has 0 fully saturated rings. The van der Waals surface area contributed by atoms with Crippen molar-refractivity contribution >= 4 is 28.8 Å². The molecule has 0 saturated heterocycles. The Kier molecular flexibility index (Phi) is 5.16. The molecule has 4 nitrogen and oxygen atoms in total. The van der Waals surface area contributed by atoms with Crippen LogP contribution in [0.2, 0.25) is 5.02 Å². The van der Waals surface area contributed by atoms with Crippen LogP contribution in [0.4, 0.5) is 15.9 Å². The number of anilines is 2. The number of nitrogens with one attached hydrogen (secondary N) is 1. The third-order valence-corrected chi connectivity index (χ3v) is 5.30. The summed E-state index contributed by atoms with van der Waals surface area (Å²) in [5.41, 5.74) is 4.29. The molecule has 0 spiro atoms. The first-order chi connectivity index (χ1) is 14.0. The minimum Gasteiger partial charge on any atom is -0.496 e. The van der Waals surface area contributed by atoms with Crippen molar-refractivity contribution in [2.24, 2.45) is 0 Å². The van der Waals surface area contributed by atoms with E-state index >= 15 is 0 Å². The molecule has 0 saturated carbocycles. The van der Waals surface area contributed by atoms with Gasteiger partial charge in [-0.05, 0) is 49.2 Å². The minimum absolute atomic E-state index is 0.313. The summed E-state index contributed by atoms with van der Waals surface area (Å²) in [6, 6.07) is 16.3. The second-order valence-corrected chi connectivity index (χ2v) is 7.15. The molecule has 6 heteroatoms. The number of aryl methyl sites for hydroxylation is 2. The number of para-hydroxylation sites is 1. The number of hydrogen-bond acceptors (Lipinski definition) is 3. The average molecular weight is 410 g/mol. The number of ether oxygens (including phenoxy) is 1. The Morgan fingerprint density at radius 1 is 1.10 bits per heavy atom. The largest absolute Gasteiger partial charge is 0.496 e. The summed E-state index contributed by atoms with van der Waals surface area (Å²) in [5.74, 6) is 0.673. The van der Waals surface area contributed by atoms with Crippen LogP contribution < -0.4 is 10.1 Å². The predicted octanol–water partition coefficient (Wildman–Crippen LogP) is 6.42. The Bertz CT molecular complexity index is 1180. The number of methoxy groups -OCH3 is 1. The van der Waals surface area contributed by atoms with Crippen LogP contribution in [0.1, 0.15) is 18.2 Å². The lowest BCUT2D eigenvalue weighted by Crippen LogP contribution is -2.03. The molecule has 0 aliphatic heterocycles. The van der Waals surface area contributed by atoms with Gasteiger partial charge in [0.15, 0.2) is 0 Å². The van der Waals surface area contributed by atoms with Crippen molar-refractivity contribution in [2.75, 3.05) is 12.4 Å². The van der Waals surface area contributed by atoms with Gasteiger partial charge in [0.1, 0.15) is 28.7 Å². The van der Waals surface area contributed by atoms with Crippen molar-refractivity contribution < 1.29 is 9.13 Å². The maximum absolute atomic E-state index is 14.9. The first-order valence-electron chi connectivity index (χ1n) is 9.40. The molecule has 148 valence electrons. The zero-order valence-electron chi connectivity index (χ0n) is 16.5. The maximum atomic E-state index is 14.9. The summed E-state index contributed by atoms with van der Waals surface area (Å²) in [6.07, 6.45) is 0.789. The Labute approximate surface area is 173 Å². The minimum atomic E-state index is -0.398. The molecule has 0 unspecified atom stereocenters. The van der Waals surface area contributed by atoms with E-state index in [1.165, 1.54) is 13.2 Å². The van der Waals surface area contributed by atoms with E-state index in [0.29, 0.717) is 27.8 Å². The van der Waals surface area contributed by atoms with Crippen LogP contribution in [-0.4, -0.2) is 16.5 Å². The highest BCUT2D eigenvalue weighted by Crippen LogP contribution is 2.40. The molecule has 4 aromatic rings. The molecule has 4 rings (SSSR count). The molecular weight excluding hydrogens is 389 g/mol. The van der Waals surface area contributed by atoms with Gasteiger partial charge in [0.25, 0.3) is 0 Å². The quantitative estimate of drug-likeness (QED) is 0.413. The molecule has 0 atom stereocenters. The Hall–Kier alpha value is -3.05. The van der Waals surface area contributed by atoms with Gasteiger partial charge in [0.2, 0.25) is 0 Å². The highest BCUT2D eigenvalue weighted by Gasteiger charge is 2.23. The number of fused-ring (bicyclic) bond motifs is 1. The van der Waals surface area contributed by atoms with Crippen molar-refractivity contribution in [3.8, 4) is 17.0 Å². The van der Waals surface area contributed by atoms with Gasteiger partial charge in [-0.15, -0.1) is 0 Å². The molecule has 29 heavy (non-hydrogen) atoms. The molecule has 1 N–H and O–H groups in total. The summed E-state index contributed by atoms with van der Waals surface area (Å²) in [6.45, 7) is 4.05. The van der Waals surface area contributed by atoms with Gasteiger partial charge in [-0.2, -0.15) is 0 Å². The van der Waals surface area contributed by atoms with E-state index in [-0.39, 0.29) is 0 Å². The van der Waals surface area contributed by atoms with Crippen LogP contribution >= 0.6 is 11.6 Å². The van der Waals surface area contributed by atoms with E-state index < -0.39 is 5.82 Å². The number of imidazole rings is 1. The number of hydrogen-bond donors (Lipinski definition) is 1. The van der Waals surface area contributed by atoms with Gasteiger partial charge >= 0.3 is 0 Å². The van der Waals surface area contributed by atoms with E-state index in [1.54, 1.807) is 12.1 Å². The van der Waals surface area contributed by atoms with Crippen LogP contribution in [0.3, 0.4) is 0 Å². The molecule has 0 bridgehead atoms. The van der Waals surface area contributed by atoms with E-state index in [9.17, 15) is 4.39 Å². The standard InChI is InChI=1S/C23H21ClFN3O/c1-4-15-9-6-13-19-26-22(20-17(25)11-7-12-18(20)29-3)23(28(15)19)27-21-14(2)8-5-10-16(21)24/h5-13,27H,4H2,1-3H3. The first-order valence-corrected chi connectivity index (χ1v) is 9.78. The molecule has 2 aromatic heterocycles. The molecular formula is C23H21ClFN3O. The SMILES string of the molecule is CCc1cccc2nc(-c3c(F)cccc3OC)c(Nc3c(C)cccc3Cl)n12. The van der Waals surface area contributed by atoms with Crippen molar-refractivity contribution in [2.45, 2.75) is 20.3 Å². The molecule has 2 heterocycles. The monoisotopic (exact) mass is 409 g/mol. The number of halogens is 2. The lowest BCUT2D eigenvalue weighted by Gasteiger charge is -2.15. The number of rotatable bonds is 5. The fraction of sp³-hybridized carbons (Fsp3) is 0.174. The van der Waals surface area contributed by atoms with Crippen LogP contribution in [0.25, 0.3) is 16.9 Å². The van der Waals surface area contributed by atoms with Gasteiger partial charge in [0.05, 0.1) is 23.4 Å². The third kappa shape index (κ3) is 3.32. The lowest BCUT2D eigenvalue weighted by atomic mass is 10.1. The second kappa shape index (κ2) is 7.76. The topological polar surface area (TPSA) is 38.6 Å². The van der Waals surface area contributed by atoms with Crippen LogP contribution in [0, 0.1) is 12.7 Å². The zero-order chi connectivity index (χ0) is 20.5. The maximum Gasteiger partial charge on any atom is 0.143 e. The highest BCUT2D eigenvalue weighted by molar-refractivity contribution is 6.33. The summed E-state index contributed by atoms with van der Waals surface area (Å²) in [5, 5.41) is 4.01. The van der Waals surface area contributed by atoms with Gasteiger partial charge in [0, 0.05) is 5.69 Å². The van der Waals surface area contributed by atoms with Gasteiger partial charge in [-0.25, -0.2) is 9.37 Å². The lowest BCUT2D eigenvalue weighted by molar-refractivity contribution is 0.413. The van der Waals surface area contributed by atoms with E-state index in [2.05, 4.69) is 12.2 Å². The fourth-order valence-corrected chi connectivity index (χ4v) is 3.81. The molecule has 0 radical (unpaired) electrons. The summed E-state index contributed by atoms with van der Waals surface area (Å²) < 4.78 is 22.4. The van der Waals surface area contributed by atoms with Crippen molar-refractivity contribution in [1.29, 1.82) is 0 Å². The van der Waals surface area contributed by atoms with Crippen LogP contribution in [0.15, 0.2) is 54.6 Å². The third-order valence-electron chi connectivity index (χ3n) is 4.98. The predicted molar refractivity (Wildman–Crippen MR) is 116 cm³/mol. The van der Waals surface area contributed by atoms with Gasteiger partial charge in [-0.1, -0.05) is 42.8 Å². The molecule has 2 aromatic carbocycles. The van der Waals surface area contributed by atoms with Crippen LogP contribution in [-0.2, 0) is 6.42 Å². The first kappa shape index (κ1) is 19.3. The summed E-state index contributed by atoms with van der Waals surface area (Å²) in [7, 11) is 1.52. The Balaban J connectivity index is 2.05. The van der Waals surface area contributed by atoms with E-state index in [1.807, 2.05) is 47.7 Å². The molecule has 0 amide bonds. The smallest absolute Gasteiger partial charge is 0.143 e.